The van der Waals surface area contributed by atoms with Crippen molar-refractivity contribution in [3.05, 3.63) is 17.0 Å². The summed E-state index contributed by atoms with van der Waals surface area (Å²) in [7, 11) is 0. The van der Waals surface area contributed by atoms with Gasteiger partial charge < -0.3 is 9.67 Å². The molecule has 0 radical (unpaired) electrons. The van der Waals surface area contributed by atoms with E-state index in [0.717, 1.165) is 17.2 Å². The highest BCUT2D eigenvalue weighted by atomic mass is 32.2. The van der Waals surface area contributed by atoms with Crippen LogP contribution in [-0.2, 0) is 11.3 Å². The zero-order chi connectivity index (χ0) is 13.1. The van der Waals surface area contributed by atoms with Crippen molar-refractivity contribution in [3.8, 4) is 10.7 Å². The average molecular weight is 283 g/mol. The summed E-state index contributed by atoms with van der Waals surface area (Å²) in [6.45, 7) is 4.76. The Morgan fingerprint density at radius 2 is 2.28 bits per heavy atom. The lowest BCUT2D eigenvalue weighted by molar-refractivity contribution is -0.133. The number of carboxylic acids is 1. The van der Waals surface area contributed by atoms with Gasteiger partial charge in [0.2, 0.25) is 0 Å². The minimum Gasteiger partial charge on any atom is -0.481 e. The summed E-state index contributed by atoms with van der Waals surface area (Å²) >= 11 is 2.86. The van der Waals surface area contributed by atoms with Crippen LogP contribution < -0.4 is 0 Å². The molecule has 7 heteroatoms. The summed E-state index contributed by atoms with van der Waals surface area (Å²) in [5.74, 6) is -0.0376. The van der Waals surface area contributed by atoms with Gasteiger partial charge in [-0.1, -0.05) is 11.8 Å². The van der Waals surface area contributed by atoms with Gasteiger partial charge in [0, 0.05) is 11.4 Å². The lowest BCUT2D eigenvalue weighted by atomic mass is 10.4. The van der Waals surface area contributed by atoms with E-state index in [9.17, 15) is 4.79 Å². The van der Waals surface area contributed by atoms with Gasteiger partial charge in [0.25, 0.3) is 0 Å². The first kappa shape index (κ1) is 13.1. The number of thioether (sulfide) groups is 1. The molecule has 0 aliphatic carbocycles. The fourth-order valence-electron chi connectivity index (χ4n) is 1.54. The largest absolute Gasteiger partial charge is 0.481 e. The highest BCUT2D eigenvalue weighted by Crippen LogP contribution is 2.29. The zero-order valence-electron chi connectivity index (χ0n) is 10.1. The molecule has 0 unspecified atom stereocenters. The molecule has 0 bridgehead atoms. The third kappa shape index (κ3) is 2.73. The molecule has 1 N–H and O–H groups in total. The fourth-order valence-corrected chi connectivity index (χ4v) is 3.13. The summed E-state index contributed by atoms with van der Waals surface area (Å²) in [6.07, 6.45) is 0. The predicted octanol–water partition coefficient (Wildman–Crippen LogP) is 2.51. The van der Waals surface area contributed by atoms with Crippen molar-refractivity contribution in [2.75, 3.05) is 5.75 Å². The molecule has 0 aliphatic heterocycles. The summed E-state index contributed by atoms with van der Waals surface area (Å²) < 4.78 is 1.94. The molecule has 2 rings (SSSR count). The van der Waals surface area contributed by atoms with Gasteiger partial charge in [-0.2, -0.15) is 0 Å². The molecule has 0 amide bonds. The van der Waals surface area contributed by atoms with Gasteiger partial charge >= 0.3 is 5.97 Å². The summed E-state index contributed by atoms with van der Waals surface area (Å²) in [6, 6.07) is 4.06. The van der Waals surface area contributed by atoms with Crippen molar-refractivity contribution in [2.45, 2.75) is 25.5 Å². The zero-order valence-corrected chi connectivity index (χ0v) is 11.7. The molecule has 0 aromatic carbocycles. The molecule has 0 aliphatic rings. The van der Waals surface area contributed by atoms with E-state index < -0.39 is 5.97 Å². The molecule has 2 aromatic rings. The van der Waals surface area contributed by atoms with Crippen molar-refractivity contribution >= 4 is 29.1 Å². The minimum absolute atomic E-state index is 0.00159. The highest BCUT2D eigenvalue weighted by Gasteiger charge is 2.15. The van der Waals surface area contributed by atoms with E-state index in [4.69, 9.17) is 5.11 Å². The van der Waals surface area contributed by atoms with Gasteiger partial charge in [-0.05, 0) is 26.0 Å². The van der Waals surface area contributed by atoms with E-state index in [1.54, 1.807) is 11.3 Å². The normalized spacial score (nSPS) is 10.8. The number of aliphatic carboxylic acids is 1. The van der Waals surface area contributed by atoms with Crippen LogP contribution in [0.25, 0.3) is 10.7 Å². The molecule has 0 atom stereocenters. The highest BCUT2D eigenvalue weighted by molar-refractivity contribution is 7.99. The number of rotatable bonds is 5. The van der Waals surface area contributed by atoms with Gasteiger partial charge in [-0.15, -0.1) is 21.5 Å². The Bertz CT molecular complexity index is 562. The van der Waals surface area contributed by atoms with Gasteiger partial charge in [0.05, 0.1) is 10.6 Å². The van der Waals surface area contributed by atoms with E-state index in [1.807, 2.05) is 30.5 Å². The summed E-state index contributed by atoms with van der Waals surface area (Å²) in [5.41, 5.74) is 0. The topological polar surface area (TPSA) is 68.0 Å². The smallest absolute Gasteiger partial charge is 0.313 e. The lowest BCUT2D eigenvalue weighted by Gasteiger charge is -2.04. The Kier molecular flexibility index (Phi) is 4.03. The second-order valence-corrected chi connectivity index (χ2v) is 5.87. The number of carbonyl (C=O) groups is 1. The standard InChI is InChI=1S/C11H13N3O2S2/c1-3-14-10(8-5-4-7(2)18-8)12-13-11(14)17-6-9(15)16/h4-5H,3,6H2,1-2H3,(H,15,16). The van der Waals surface area contributed by atoms with Gasteiger partial charge in [-0.3, -0.25) is 4.79 Å². The Morgan fingerprint density at radius 3 is 2.83 bits per heavy atom. The molecule has 2 aromatic heterocycles. The Hall–Kier alpha value is -1.34. The van der Waals surface area contributed by atoms with Crippen LogP contribution in [0.4, 0.5) is 0 Å². The first-order chi connectivity index (χ1) is 8.61. The number of hydrogen-bond acceptors (Lipinski definition) is 5. The maximum atomic E-state index is 10.6. The Balaban J connectivity index is 2.29. The number of aromatic nitrogens is 3. The molecule has 0 spiro atoms. The second-order valence-electron chi connectivity index (χ2n) is 3.64. The van der Waals surface area contributed by atoms with E-state index in [2.05, 4.69) is 10.2 Å². The third-order valence-corrected chi connectivity index (χ3v) is 4.27. The van der Waals surface area contributed by atoms with Crippen LogP contribution in [-0.4, -0.2) is 31.6 Å². The monoisotopic (exact) mass is 283 g/mol. The molecule has 2 heterocycles. The Morgan fingerprint density at radius 1 is 1.50 bits per heavy atom. The maximum absolute atomic E-state index is 10.6. The van der Waals surface area contributed by atoms with Crippen LogP contribution in [0.3, 0.4) is 0 Å². The van der Waals surface area contributed by atoms with Gasteiger partial charge in [0.1, 0.15) is 0 Å². The van der Waals surface area contributed by atoms with Crippen LogP contribution in [0, 0.1) is 6.92 Å². The summed E-state index contributed by atoms with van der Waals surface area (Å²) in [4.78, 5) is 12.9. The quantitative estimate of drug-likeness (QED) is 0.854. The minimum atomic E-state index is -0.848. The van der Waals surface area contributed by atoms with Crippen molar-refractivity contribution in [2.24, 2.45) is 0 Å². The van der Waals surface area contributed by atoms with Crippen LogP contribution in [0.1, 0.15) is 11.8 Å². The van der Waals surface area contributed by atoms with Crippen LogP contribution in [0.5, 0.6) is 0 Å². The fraction of sp³-hybridized carbons (Fsp3) is 0.364. The number of carboxylic acid groups (broad SMARTS) is 1. The van der Waals surface area contributed by atoms with E-state index >= 15 is 0 Å². The molecule has 0 saturated heterocycles. The van der Waals surface area contributed by atoms with Crippen molar-refractivity contribution < 1.29 is 9.90 Å². The molecule has 0 saturated carbocycles. The molecule has 0 fully saturated rings. The number of nitrogens with zero attached hydrogens (tertiary/aromatic N) is 3. The predicted molar refractivity (Wildman–Crippen MR) is 72.1 cm³/mol. The van der Waals surface area contributed by atoms with Gasteiger partial charge in [0.15, 0.2) is 11.0 Å². The number of hydrogen-bond donors (Lipinski definition) is 1. The molecular weight excluding hydrogens is 270 g/mol. The Labute approximate surface area is 113 Å². The molecule has 5 nitrogen and oxygen atoms in total. The van der Waals surface area contributed by atoms with Crippen LogP contribution >= 0.6 is 23.1 Å². The van der Waals surface area contributed by atoms with Crippen LogP contribution in [0.15, 0.2) is 17.3 Å². The van der Waals surface area contributed by atoms with E-state index in [1.165, 1.54) is 16.6 Å². The number of aryl methyl sites for hydroxylation is 1. The molecular formula is C11H13N3O2S2. The average Bonchev–Trinajstić information content (AvgIpc) is 2.91. The van der Waals surface area contributed by atoms with E-state index in [0.29, 0.717) is 5.16 Å². The third-order valence-electron chi connectivity index (χ3n) is 2.32. The van der Waals surface area contributed by atoms with Crippen molar-refractivity contribution in [1.29, 1.82) is 0 Å². The van der Waals surface area contributed by atoms with Crippen LogP contribution in [0.2, 0.25) is 0 Å². The number of thiophene rings is 1. The summed E-state index contributed by atoms with van der Waals surface area (Å²) in [5, 5.41) is 17.6. The van der Waals surface area contributed by atoms with E-state index in [-0.39, 0.29) is 5.75 Å². The molecule has 96 valence electrons. The maximum Gasteiger partial charge on any atom is 0.313 e. The SMILES string of the molecule is CCn1c(SCC(=O)O)nnc1-c1ccc(C)s1. The first-order valence-electron chi connectivity index (χ1n) is 5.46. The van der Waals surface area contributed by atoms with Gasteiger partial charge in [-0.25, -0.2) is 0 Å². The van der Waals surface area contributed by atoms with Crippen molar-refractivity contribution in [1.82, 2.24) is 14.8 Å². The lowest BCUT2D eigenvalue weighted by Crippen LogP contribution is -2.02. The molecule has 18 heavy (non-hydrogen) atoms. The van der Waals surface area contributed by atoms with Crippen molar-refractivity contribution in [3.63, 3.8) is 0 Å². The first-order valence-corrected chi connectivity index (χ1v) is 7.26. The second kappa shape index (κ2) is 5.53.